The molecule has 0 saturated heterocycles. The lowest BCUT2D eigenvalue weighted by Crippen LogP contribution is -2.22. The molecule has 0 saturated carbocycles. The summed E-state index contributed by atoms with van der Waals surface area (Å²) >= 11 is 0. The summed E-state index contributed by atoms with van der Waals surface area (Å²) in [5.41, 5.74) is -0.288. The molecule has 2 N–H and O–H groups in total. The van der Waals surface area contributed by atoms with Crippen molar-refractivity contribution < 1.29 is 37.0 Å². The Morgan fingerprint density at radius 1 is 0.862 bits per heavy atom. The number of benzene rings is 2. The second kappa shape index (κ2) is 9.09. The van der Waals surface area contributed by atoms with Gasteiger partial charge >= 0.3 is 18.1 Å². The van der Waals surface area contributed by atoms with Gasteiger partial charge < -0.3 is 20.1 Å². The number of anilines is 2. The Morgan fingerprint density at radius 2 is 1.38 bits per heavy atom. The molecule has 1 amide bonds. The molecule has 0 heterocycles. The van der Waals surface area contributed by atoms with Gasteiger partial charge in [0.05, 0.1) is 37.5 Å². The quantitative estimate of drug-likeness (QED) is 0.710. The van der Waals surface area contributed by atoms with Crippen molar-refractivity contribution >= 4 is 29.2 Å². The number of hydrogen-bond acceptors (Lipinski definition) is 6. The molecule has 0 fully saturated rings. The van der Waals surface area contributed by atoms with Gasteiger partial charge in [-0.05, 0) is 42.5 Å². The maximum Gasteiger partial charge on any atom is 0.416 e. The van der Waals surface area contributed by atoms with E-state index in [9.17, 15) is 27.6 Å². The zero-order valence-corrected chi connectivity index (χ0v) is 15.4. The number of halogens is 3. The fraction of sp³-hybridized carbons (Fsp3) is 0.211. The zero-order chi connectivity index (χ0) is 21.6. The van der Waals surface area contributed by atoms with Crippen LogP contribution in [0.1, 0.15) is 26.3 Å². The number of amides is 1. The molecular formula is C19H17F3N2O5. The van der Waals surface area contributed by atoms with E-state index in [-0.39, 0.29) is 23.4 Å². The molecule has 0 aromatic heterocycles. The van der Waals surface area contributed by atoms with E-state index in [0.717, 1.165) is 12.1 Å². The highest BCUT2D eigenvalue weighted by atomic mass is 19.4. The molecule has 0 bridgehead atoms. The highest BCUT2D eigenvalue weighted by molar-refractivity contribution is 6.00. The van der Waals surface area contributed by atoms with Crippen LogP contribution in [-0.2, 0) is 20.4 Å². The van der Waals surface area contributed by atoms with Crippen LogP contribution < -0.4 is 10.6 Å². The Bertz CT molecular complexity index is 877. The van der Waals surface area contributed by atoms with Crippen LogP contribution in [0.3, 0.4) is 0 Å². The summed E-state index contributed by atoms with van der Waals surface area (Å²) in [4.78, 5) is 35.6. The van der Waals surface area contributed by atoms with Gasteiger partial charge in [0.15, 0.2) is 0 Å². The number of ether oxygens (including phenoxy) is 2. The first-order chi connectivity index (χ1) is 13.6. The highest BCUT2D eigenvalue weighted by Gasteiger charge is 2.29. The van der Waals surface area contributed by atoms with Crippen LogP contribution in [0.5, 0.6) is 0 Å². The number of carbonyl (C=O) groups is 3. The minimum Gasteiger partial charge on any atom is -0.465 e. The molecule has 29 heavy (non-hydrogen) atoms. The van der Waals surface area contributed by atoms with Crippen LogP contribution in [0.4, 0.5) is 24.5 Å². The number of alkyl halides is 3. The number of methoxy groups -OCH3 is 2. The number of hydrogen-bond donors (Lipinski definition) is 2. The fourth-order valence-electron chi connectivity index (χ4n) is 2.34. The Kier molecular flexibility index (Phi) is 6.81. The fourth-order valence-corrected chi connectivity index (χ4v) is 2.34. The second-order valence-electron chi connectivity index (χ2n) is 5.76. The van der Waals surface area contributed by atoms with Crippen molar-refractivity contribution in [2.45, 2.75) is 6.18 Å². The molecule has 0 spiro atoms. The summed E-state index contributed by atoms with van der Waals surface area (Å²) in [5.74, 6) is -1.98. The zero-order valence-electron chi connectivity index (χ0n) is 15.4. The van der Waals surface area contributed by atoms with E-state index in [1.165, 1.54) is 44.6 Å². The van der Waals surface area contributed by atoms with E-state index in [1.54, 1.807) is 0 Å². The van der Waals surface area contributed by atoms with Crippen molar-refractivity contribution in [2.75, 3.05) is 31.4 Å². The topological polar surface area (TPSA) is 93.7 Å². The van der Waals surface area contributed by atoms with Crippen molar-refractivity contribution in [3.05, 3.63) is 59.2 Å². The summed E-state index contributed by atoms with van der Waals surface area (Å²) < 4.78 is 46.9. The van der Waals surface area contributed by atoms with Crippen LogP contribution in [0.25, 0.3) is 0 Å². The van der Waals surface area contributed by atoms with Gasteiger partial charge in [0.2, 0.25) is 5.91 Å². The molecule has 154 valence electrons. The summed E-state index contributed by atoms with van der Waals surface area (Å²) in [6.07, 6.45) is -4.45. The third kappa shape index (κ3) is 5.96. The molecule has 2 aromatic rings. The summed E-state index contributed by atoms with van der Waals surface area (Å²) in [6.45, 7) is -0.263. The van der Waals surface area contributed by atoms with Crippen LogP contribution in [-0.4, -0.2) is 38.6 Å². The molecule has 0 atom stereocenters. The first-order valence-corrected chi connectivity index (χ1v) is 8.16. The monoisotopic (exact) mass is 410 g/mol. The third-order valence-corrected chi connectivity index (χ3v) is 3.72. The van der Waals surface area contributed by atoms with Crippen molar-refractivity contribution in [3.8, 4) is 0 Å². The molecule has 2 aromatic carbocycles. The Labute approximate surface area is 163 Å². The van der Waals surface area contributed by atoms with Gasteiger partial charge in [0.25, 0.3) is 0 Å². The van der Waals surface area contributed by atoms with Crippen LogP contribution in [0.15, 0.2) is 42.5 Å². The Morgan fingerprint density at radius 3 is 1.83 bits per heavy atom. The van der Waals surface area contributed by atoms with E-state index >= 15 is 0 Å². The van der Waals surface area contributed by atoms with Gasteiger partial charge in [0, 0.05) is 11.4 Å². The number of nitrogens with one attached hydrogen (secondary N) is 2. The lowest BCUT2D eigenvalue weighted by atomic mass is 10.1. The van der Waals surface area contributed by atoms with Crippen molar-refractivity contribution in [1.82, 2.24) is 0 Å². The maximum atomic E-state index is 12.6. The van der Waals surface area contributed by atoms with Crippen molar-refractivity contribution in [1.29, 1.82) is 0 Å². The minimum absolute atomic E-state index is 0.0291. The first-order valence-electron chi connectivity index (χ1n) is 8.16. The lowest BCUT2D eigenvalue weighted by molar-refractivity contribution is -0.137. The molecular weight excluding hydrogens is 393 g/mol. The average Bonchev–Trinajstić information content (AvgIpc) is 2.70. The smallest absolute Gasteiger partial charge is 0.416 e. The predicted octanol–water partition coefficient (Wildman–Crippen LogP) is 3.33. The lowest BCUT2D eigenvalue weighted by Gasteiger charge is -2.11. The first kappa shape index (κ1) is 21.7. The van der Waals surface area contributed by atoms with Gasteiger partial charge in [-0.3, -0.25) is 4.79 Å². The van der Waals surface area contributed by atoms with E-state index in [4.69, 9.17) is 0 Å². The third-order valence-electron chi connectivity index (χ3n) is 3.72. The van der Waals surface area contributed by atoms with E-state index in [0.29, 0.717) is 5.69 Å². The van der Waals surface area contributed by atoms with Crippen molar-refractivity contribution in [3.63, 3.8) is 0 Å². The average molecular weight is 410 g/mol. The highest BCUT2D eigenvalue weighted by Crippen LogP contribution is 2.29. The van der Waals surface area contributed by atoms with E-state index < -0.39 is 29.6 Å². The van der Waals surface area contributed by atoms with Crippen LogP contribution in [0.2, 0.25) is 0 Å². The molecule has 0 radical (unpaired) electrons. The molecule has 0 unspecified atom stereocenters. The Balaban J connectivity index is 2.07. The molecule has 0 aliphatic carbocycles. The van der Waals surface area contributed by atoms with Crippen LogP contribution >= 0.6 is 0 Å². The number of esters is 2. The van der Waals surface area contributed by atoms with E-state index in [1.807, 2.05) is 0 Å². The molecule has 7 nitrogen and oxygen atoms in total. The number of rotatable bonds is 6. The number of carbonyl (C=O) groups excluding carboxylic acids is 3. The van der Waals surface area contributed by atoms with E-state index in [2.05, 4.69) is 20.1 Å². The van der Waals surface area contributed by atoms with Gasteiger partial charge in [-0.25, -0.2) is 9.59 Å². The summed E-state index contributed by atoms with van der Waals surface area (Å²) in [7, 11) is 2.33. The standard InChI is InChI=1S/C19H17F3N2O5/c1-28-17(26)11-7-12(18(27)29-2)9-15(8-11)24-16(25)10-23-14-5-3-13(4-6-14)19(20,21)22/h3-9,23H,10H2,1-2H3,(H,24,25). The SMILES string of the molecule is COC(=O)c1cc(NC(=O)CNc2ccc(C(F)(F)F)cc2)cc(C(=O)OC)c1. The van der Waals surface area contributed by atoms with Gasteiger partial charge in [-0.15, -0.1) is 0 Å². The molecule has 0 aliphatic rings. The molecule has 0 aliphatic heterocycles. The van der Waals surface area contributed by atoms with Gasteiger partial charge in [-0.1, -0.05) is 0 Å². The second-order valence-corrected chi connectivity index (χ2v) is 5.76. The summed E-state index contributed by atoms with van der Waals surface area (Å²) in [5, 5.41) is 5.17. The van der Waals surface area contributed by atoms with Gasteiger partial charge in [0.1, 0.15) is 0 Å². The van der Waals surface area contributed by atoms with Crippen LogP contribution in [0, 0.1) is 0 Å². The maximum absolute atomic E-state index is 12.6. The minimum atomic E-state index is -4.45. The molecule has 2 rings (SSSR count). The predicted molar refractivity (Wildman–Crippen MR) is 97.7 cm³/mol. The largest absolute Gasteiger partial charge is 0.465 e. The van der Waals surface area contributed by atoms with Crippen molar-refractivity contribution in [2.24, 2.45) is 0 Å². The summed E-state index contributed by atoms with van der Waals surface area (Å²) in [6, 6.07) is 8.06. The Hall–Kier alpha value is -3.56. The normalized spacial score (nSPS) is 10.8. The molecule has 10 heteroatoms. The van der Waals surface area contributed by atoms with Gasteiger partial charge in [-0.2, -0.15) is 13.2 Å².